The summed E-state index contributed by atoms with van der Waals surface area (Å²) in [5, 5.41) is 6.80. The van der Waals surface area contributed by atoms with E-state index >= 15 is 0 Å². The van der Waals surface area contributed by atoms with E-state index in [-0.39, 0.29) is 5.91 Å². The number of thiocarbonyl (C=S) groups is 1. The minimum atomic E-state index is 0.0960. The molecule has 0 unspecified atom stereocenters. The Balaban J connectivity index is 1.92. The van der Waals surface area contributed by atoms with Crippen LogP contribution in [0, 0.1) is 0 Å². The monoisotopic (exact) mass is 199 g/mol. The fourth-order valence-electron chi connectivity index (χ4n) is 1.77. The second kappa shape index (κ2) is 3.59. The van der Waals surface area contributed by atoms with Crippen LogP contribution in [0.25, 0.3) is 0 Å². The standard InChI is InChI=1S/C8H13N3OS/c12-7-4-10-8(13)11(7)5-6-2-1-3-9-6/h6,9H,1-5H2,(H,10,13)/t6-/m0/s1. The highest BCUT2D eigenvalue weighted by Crippen LogP contribution is 2.09. The number of nitrogens with one attached hydrogen (secondary N) is 2. The smallest absolute Gasteiger partial charge is 0.248 e. The van der Waals surface area contributed by atoms with Gasteiger partial charge in [-0.05, 0) is 31.6 Å². The molecule has 2 saturated heterocycles. The van der Waals surface area contributed by atoms with Gasteiger partial charge in [0.2, 0.25) is 5.91 Å². The van der Waals surface area contributed by atoms with Crippen molar-refractivity contribution in [3.8, 4) is 0 Å². The zero-order valence-electron chi connectivity index (χ0n) is 7.38. The van der Waals surface area contributed by atoms with E-state index in [0.29, 0.717) is 17.7 Å². The number of hydrogen-bond acceptors (Lipinski definition) is 3. The van der Waals surface area contributed by atoms with Crippen LogP contribution < -0.4 is 10.6 Å². The normalized spacial score (nSPS) is 28.3. The van der Waals surface area contributed by atoms with Gasteiger partial charge in [0.05, 0.1) is 6.54 Å². The first-order valence-electron chi connectivity index (χ1n) is 4.59. The van der Waals surface area contributed by atoms with Crippen molar-refractivity contribution in [1.29, 1.82) is 0 Å². The molecule has 2 rings (SSSR count). The fourth-order valence-corrected chi connectivity index (χ4v) is 2.02. The molecule has 1 amide bonds. The molecular weight excluding hydrogens is 186 g/mol. The summed E-state index contributed by atoms with van der Waals surface area (Å²) in [7, 11) is 0. The van der Waals surface area contributed by atoms with Crippen LogP contribution in [0.1, 0.15) is 12.8 Å². The number of amides is 1. The third kappa shape index (κ3) is 1.81. The first kappa shape index (κ1) is 8.90. The van der Waals surface area contributed by atoms with Crippen LogP contribution in [0.15, 0.2) is 0 Å². The predicted octanol–water partition coefficient (Wildman–Crippen LogP) is -0.545. The summed E-state index contributed by atoms with van der Waals surface area (Å²) in [6.07, 6.45) is 2.35. The van der Waals surface area contributed by atoms with Crippen LogP contribution in [-0.4, -0.2) is 41.6 Å². The minimum Gasteiger partial charge on any atom is -0.353 e. The Bertz CT molecular complexity index is 222. The average molecular weight is 199 g/mol. The van der Waals surface area contributed by atoms with Crippen molar-refractivity contribution in [3.05, 3.63) is 0 Å². The topological polar surface area (TPSA) is 44.4 Å². The van der Waals surface area contributed by atoms with Gasteiger partial charge in [-0.2, -0.15) is 0 Å². The molecule has 0 aromatic carbocycles. The van der Waals surface area contributed by atoms with Gasteiger partial charge in [0.25, 0.3) is 0 Å². The minimum absolute atomic E-state index is 0.0960. The van der Waals surface area contributed by atoms with Gasteiger partial charge in [-0.15, -0.1) is 0 Å². The first-order chi connectivity index (χ1) is 6.27. The molecule has 5 heteroatoms. The predicted molar refractivity (Wildman–Crippen MR) is 53.3 cm³/mol. The molecule has 2 heterocycles. The highest BCUT2D eigenvalue weighted by molar-refractivity contribution is 7.80. The van der Waals surface area contributed by atoms with Crippen LogP contribution in [0.4, 0.5) is 0 Å². The Labute approximate surface area is 82.7 Å². The van der Waals surface area contributed by atoms with E-state index in [1.165, 1.54) is 6.42 Å². The molecule has 1 atom stereocenters. The molecule has 0 aliphatic carbocycles. The number of carbonyl (C=O) groups excluding carboxylic acids is 1. The molecule has 0 spiro atoms. The van der Waals surface area contributed by atoms with Gasteiger partial charge in [-0.25, -0.2) is 0 Å². The first-order valence-corrected chi connectivity index (χ1v) is 5.00. The number of rotatable bonds is 2. The van der Waals surface area contributed by atoms with Crippen molar-refractivity contribution in [1.82, 2.24) is 15.5 Å². The van der Waals surface area contributed by atoms with Crippen molar-refractivity contribution in [2.75, 3.05) is 19.6 Å². The Morgan fingerprint density at radius 3 is 3.00 bits per heavy atom. The maximum Gasteiger partial charge on any atom is 0.248 e. The Hall–Kier alpha value is -0.680. The van der Waals surface area contributed by atoms with Gasteiger partial charge in [0, 0.05) is 12.6 Å². The second-order valence-electron chi connectivity index (χ2n) is 3.46. The Morgan fingerprint density at radius 1 is 1.62 bits per heavy atom. The number of nitrogens with zero attached hydrogens (tertiary/aromatic N) is 1. The molecule has 2 fully saturated rings. The molecule has 2 N–H and O–H groups in total. The summed E-state index contributed by atoms with van der Waals surface area (Å²) in [5.41, 5.74) is 0. The summed E-state index contributed by atoms with van der Waals surface area (Å²) >= 11 is 5.02. The molecule has 13 heavy (non-hydrogen) atoms. The molecule has 0 bridgehead atoms. The lowest BCUT2D eigenvalue weighted by Gasteiger charge is -2.19. The summed E-state index contributed by atoms with van der Waals surface area (Å²) < 4.78 is 0. The summed E-state index contributed by atoms with van der Waals surface area (Å²) in [6.45, 7) is 2.16. The van der Waals surface area contributed by atoms with E-state index in [2.05, 4.69) is 10.6 Å². The zero-order chi connectivity index (χ0) is 9.26. The van der Waals surface area contributed by atoms with Crippen molar-refractivity contribution >= 4 is 23.2 Å². The van der Waals surface area contributed by atoms with Crippen molar-refractivity contribution in [3.63, 3.8) is 0 Å². The van der Waals surface area contributed by atoms with Gasteiger partial charge < -0.3 is 10.6 Å². The Morgan fingerprint density at radius 2 is 2.46 bits per heavy atom. The SMILES string of the molecule is O=C1CNC(=S)N1C[C@@H]1CCCN1. The highest BCUT2D eigenvalue weighted by Gasteiger charge is 2.28. The van der Waals surface area contributed by atoms with Crippen LogP contribution in [-0.2, 0) is 4.79 Å². The van der Waals surface area contributed by atoms with Crippen LogP contribution >= 0.6 is 12.2 Å². The maximum absolute atomic E-state index is 11.3. The van der Waals surface area contributed by atoms with Crippen molar-refractivity contribution < 1.29 is 4.79 Å². The van der Waals surface area contributed by atoms with E-state index in [0.717, 1.165) is 19.5 Å². The second-order valence-corrected chi connectivity index (χ2v) is 3.84. The van der Waals surface area contributed by atoms with Crippen LogP contribution in [0.2, 0.25) is 0 Å². The molecule has 4 nitrogen and oxygen atoms in total. The third-order valence-corrected chi connectivity index (χ3v) is 2.87. The largest absolute Gasteiger partial charge is 0.353 e. The molecule has 2 aliphatic heterocycles. The molecular formula is C8H13N3OS. The van der Waals surface area contributed by atoms with Crippen molar-refractivity contribution in [2.24, 2.45) is 0 Å². The fraction of sp³-hybridized carbons (Fsp3) is 0.750. The quantitative estimate of drug-likeness (QED) is 0.586. The van der Waals surface area contributed by atoms with E-state index in [9.17, 15) is 4.79 Å². The van der Waals surface area contributed by atoms with Crippen LogP contribution in [0.3, 0.4) is 0 Å². The molecule has 0 radical (unpaired) electrons. The summed E-state index contributed by atoms with van der Waals surface area (Å²) in [6, 6.07) is 0.432. The molecule has 72 valence electrons. The number of hydrogen-bond donors (Lipinski definition) is 2. The maximum atomic E-state index is 11.3. The molecule has 0 aromatic rings. The lowest BCUT2D eigenvalue weighted by molar-refractivity contribution is -0.124. The average Bonchev–Trinajstić information content (AvgIpc) is 2.70. The molecule has 2 aliphatic rings. The van der Waals surface area contributed by atoms with Gasteiger partial charge in [-0.3, -0.25) is 9.69 Å². The highest BCUT2D eigenvalue weighted by atomic mass is 32.1. The summed E-state index contributed by atoms with van der Waals surface area (Å²) in [5.74, 6) is 0.0960. The molecule has 0 saturated carbocycles. The zero-order valence-corrected chi connectivity index (χ0v) is 8.19. The summed E-state index contributed by atoms with van der Waals surface area (Å²) in [4.78, 5) is 13.0. The van der Waals surface area contributed by atoms with Crippen LogP contribution in [0.5, 0.6) is 0 Å². The number of carbonyl (C=O) groups is 1. The van der Waals surface area contributed by atoms with Crippen molar-refractivity contribution in [2.45, 2.75) is 18.9 Å². The van der Waals surface area contributed by atoms with E-state index in [4.69, 9.17) is 12.2 Å². The van der Waals surface area contributed by atoms with E-state index in [1.807, 2.05) is 0 Å². The van der Waals surface area contributed by atoms with Gasteiger partial charge in [-0.1, -0.05) is 0 Å². The van der Waals surface area contributed by atoms with Gasteiger partial charge >= 0.3 is 0 Å². The molecule has 0 aromatic heterocycles. The third-order valence-electron chi connectivity index (χ3n) is 2.50. The van der Waals surface area contributed by atoms with Gasteiger partial charge in [0.1, 0.15) is 0 Å². The van der Waals surface area contributed by atoms with E-state index < -0.39 is 0 Å². The Kier molecular flexibility index (Phi) is 2.46. The lowest BCUT2D eigenvalue weighted by atomic mass is 10.2. The lowest BCUT2D eigenvalue weighted by Crippen LogP contribution is -2.41. The van der Waals surface area contributed by atoms with Gasteiger partial charge in [0.15, 0.2) is 5.11 Å². The van der Waals surface area contributed by atoms with E-state index in [1.54, 1.807) is 4.90 Å².